The van der Waals surface area contributed by atoms with E-state index in [0.717, 1.165) is 10.5 Å². The second kappa shape index (κ2) is 11.7. The molecule has 1 atom stereocenters. The molecule has 3 N–H and O–H groups in total. The number of rotatable bonds is 7. The lowest BCUT2D eigenvalue weighted by Gasteiger charge is -2.28. The Labute approximate surface area is 240 Å². The van der Waals surface area contributed by atoms with E-state index in [-0.39, 0.29) is 12.4 Å². The summed E-state index contributed by atoms with van der Waals surface area (Å²) in [5, 5.41) is 23.7. The predicted octanol–water partition coefficient (Wildman–Crippen LogP) is 6.42. The van der Waals surface area contributed by atoms with Crippen LogP contribution >= 0.6 is 0 Å². The van der Waals surface area contributed by atoms with Gasteiger partial charge in [0.15, 0.2) is 11.9 Å². The third kappa shape index (κ3) is 7.94. The van der Waals surface area contributed by atoms with Crippen LogP contribution in [0.3, 0.4) is 0 Å². The maximum Gasteiger partial charge on any atom is 0.425 e. The third-order valence-corrected chi connectivity index (χ3v) is 6.09. The fraction of sp³-hybridized carbons (Fsp3) is 0.419. The van der Waals surface area contributed by atoms with Crippen molar-refractivity contribution in [3.05, 3.63) is 65.9 Å². The number of aliphatic carboxylic acids is 1. The first-order valence-corrected chi connectivity index (χ1v) is 13.3. The largest absolute Gasteiger partial charge is 0.479 e. The molecule has 2 aromatic carbocycles. The minimum Gasteiger partial charge on any atom is -0.479 e. The molecule has 0 saturated heterocycles. The van der Waals surface area contributed by atoms with E-state index in [0.29, 0.717) is 22.0 Å². The molecule has 220 valence electrons. The highest BCUT2D eigenvalue weighted by Gasteiger charge is 2.34. The number of benzene rings is 2. The van der Waals surface area contributed by atoms with Crippen LogP contribution in [0.1, 0.15) is 72.6 Å². The summed E-state index contributed by atoms with van der Waals surface area (Å²) in [6.07, 6.45) is -0.431. The number of ether oxygens (including phenoxy) is 2. The van der Waals surface area contributed by atoms with Crippen LogP contribution < -0.4 is 10.2 Å². The Morgan fingerprint density at radius 3 is 1.93 bits per heavy atom. The van der Waals surface area contributed by atoms with Crippen LogP contribution in [0, 0.1) is 0 Å². The first-order valence-electron chi connectivity index (χ1n) is 13.3. The van der Waals surface area contributed by atoms with Gasteiger partial charge in [0.05, 0.1) is 6.61 Å². The van der Waals surface area contributed by atoms with E-state index in [2.05, 4.69) is 10.3 Å². The van der Waals surface area contributed by atoms with Crippen molar-refractivity contribution in [1.82, 2.24) is 4.98 Å². The van der Waals surface area contributed by atoms with Crippen LogP contribution in [0.25, 0.3) is 10.8 Å². The van der Waals surface area contributed by atoms with Crippen molar-refractivity contribution in [2.24, 2.45) is 0 Å². The number of aromatic nitrogens is 1. The summed E-state index contributed by atoms with van der Waals surface area (Å²) in [7, 11) is 0. The minimum atomic E-state index is -1.07. The average molecular weight is 566 g/mol. The zero-order chi connectivity index (χ0) is 30.8. The molecule has 0 radical (unpaired) electrons. The fourth-order valence-corrected chi connectivity index (χ4v) is 3.96. The number of carboxylic acid groups (broad SMARTS) is 1. The van der Waals surface area contributed by atoms with Crippen LogP contribution in [-0.2, 0) is 19.7 Å². The number of aliphatic hydroxyl groups excluding tert-OH is 1. The first kappa shape index (κ1) is 31.3. The van der Waals surface area contributed by atoms with E-state index >= 15 is 0 Å². The van der Waals surface area contributed by atoms with E-state index in [1.165, 1.54) is 6.20 Å². The molecule has 3 aromatic rings. The lowest BCUT2D eigenvalue weighted by atomic mass is 9.85. The SMILES string of the molecule is CC(C)(C)OC(=O)N(C(=O)OC(C)(C)C)c1nccc2cc(NC(C(=O)O)c3ccc(C(C)(C)CO)cc3)ccc12. The molecular weight excluding hydrogens is 526 g/mol. The number of hydrogen-bond donors (Lipinski definition) is 3. The van der Waals surface area contributed by atoms with Gasteiger partial charge in [-0.2, -0.15) is 4.90 Å². The Balaban J connectivity index is 1.99. The Bertz CT molecular complexity index is 1390. The summed E-state index contributed by atoms with van der Waals surface area (Å²) in [5.41, 5.74) is -0.290. The third-order valence-electron chi connectivity index (χ3n) is 6.09. The Kier molecular flexibility index (Phi) is 8.98. The summed E-state index contributed by atoms with van der Waals surface area (Å²) >= 11 is 0. The molecule has 1 aromatic heterocycles. The predicted molar refractivity (Wildman–Crippen MR) is 157 cm³/mol. The van der Waals surface area contributed by atoms with Crippen molar-refractivity contribution >= 4 is 40.4 Å². The summed E-state index contributed by atoms with van der Waals surface area (Å²) < 4.78 is 11.0. The van der Waals surface area contributed by atoms with Gasteiger partial charge in [0, 0.05) is 22.7 Å². The number of anilines is 2. The van der Waals surface area contributed by atoms with Crippen molar-refractivity contribution in [1.29, 1.82) is 0 Å². The molecule has 10 nitrogen and oxygen atoms in total. The molecule has 0 aliphatic carbocycles. The smallest absolute Gasteiger partial charge is 0.425 e. The summed E-state index contributed by atoms with van der Waals surface area (Å²) in [4.78, 5) is 43.6. The number of aliphatic hydroxyl groups is 1. The van der Waals surface area contributed by atoms with Gasteiger partial charge in [-0.25, -0.2) is 19.4 Å². The normalized spacial score (nSPS) is 12.9. The van der Waals surface area contributed by atoms with Gasteiger partial charge in [0.2, 0.25) is 0 Å². The molecule has 0 aliphatic rings. The van der Waals surface area contributed by atoms with Crippen molar-refractivity contribution in [3.8, 4) is 0 Å². The first-order chi connectivity index (χ1) is 18.9. The second-order valence-corrected chi connectivity index (χ2v) is 12.4. The Hall–Kier alpha value is -4.18. The fourth-order valence-electron chi connectivity index (χ4n) is 3.96. The number of carboxylic acids is 1. The molecule has 3 rings (SSSR count). The monoisotopic (exact) mass is 565 g/mol. The molecule has 0 bridgehead atoms. The average Bonchev–Trinajstić information content (AvgIpc) is 2.85. The molecule has 0 saturated carbocycles. The number of nitrogens with zero attached hydrogens (tertiary/aromatic N) is 2. The number of fused-ring (bicyclic) bond motifs is 1. The minimum absolute atomic E-state index is 0.0226. The van der Waals surface area contributed by atoms with Crippen LogP contribution in [0.5, 0.6) is 0 Å². The highest BCUT2D eigenvalue weighted by Crippen LogP contribution is 2.31. The molecule has 1 heterocycles. The van der Waals surface area contributed by atoms with Gasteiger partial charge in [-0.05, 0) is 82.3 Å². The number of amides is 2. The number of hydrogen-bond acceptors (Lipinski definition) is 8. The number of carbonyl (C=O) groups is 3. The maximum atomic E-state index is 13.2. The topological polar surface area (TPSA) is 138 Å². The maximum absolute atomic E-state index is 13.2. The molecule has 0 fully saturated rings. The van der Waals surface area contributed by atoms with Crippen LogP contribution in [0.15, 0.2) is 54.7 Å². The molecule has 0 spiro atoms. The van der Waals surface area contributed by atoms with Gasteiger partial charge in [0.1, 0.15) is 11.2 Å². The second-order valence-electron chi connectivity index (χ2n) is 12.4. The highest BCUT2D eigenvalue weighted by molar-refractivity contribution is 6.14. The lowest BCUT2D eigenvalue weighted by molar-refractivity contribution is -0.138. The molecule has 10 heteroatoms. The van der Waals surface area contributed by atoms with E-state index < -0.39 is 40.8 Å². The van der Waals surface area contributed by atoms with Crippen molar-refractivity contribution in [2.75, 3.05) is 16.8 Å². The summed E-state index contributed by atoms with van der Waals surface area (Å²) in [5.74, 6) is -1.05. The lowest BCUT2D eigenvalue weighted by Crippen LogP contribution is -2.44. The van der Waals surface area contributed by atoms with E-state index in [4.69, 9.17) is 9.47 Å². The summed E-state index contributed by atoms with van der Waals surface area (Å²) in [6, 6.07) is 12.7. The van der Waals surface area contributed by atoms with Crippen LogP contribution in [0.4, 0.5) is 21.1 Å². The zero-order valence-electron chi connectivity index (χ0n) is 24.8. The summed E-state index contributed by atoms with van der Waals surface area (Å²) in [6.45, 7) is 13.9. The van der Waals surface area contributed by atoms with E-state index in [1.807, 2.05) is 26.0 Å². The van der Waals surface area contributed by atoms with Gasteiger partial charge < -0.3 is 25.0 Å². The Morgan fingerprint density at radius 1 is 0.878 bits per heavy atom. The molecule has 2 amide bonds. The van der Waals surface area contributed by atoms with Crippen LogP contribution in [0.2, 0.25) is 0 Å². The van der Waals surface area contributed by atoms with E-state index in [9.17, 15) is 24.6 Å². The molecule has 1 unspecified atom stereocenters. The number of carbonyl (C=O) groups excluding carboxylic acids is 2. The van der Waals surface area contributed by atoms with Gasteiger partial charge in [-0.1, -0.05) is 38.1 Å². The number of pyridine rings is 1. The van der Waals surface area contributed by atoms with Crippen LogP contribution in [-0.4, -0.2) is 51.2 Å². The number of nitrogens with one attached hydrogen (secondary N) is 1. The molecule has 0 aliphatic heterocycles. The van der Waals surface area contributed by atoms with Crippen molar-refractivity contribution in [3.63, 3.8) is 0 Å². The van der Waals surface area contributed by atoms with E-state index in [1.54, 1.807) is 77.9 Å². The number of imide groups is 1. The Morgan fingerprint density at radius 2 is 1.44 bits per heavy atom. The molecular formula is C31H39N3O7. The standard InChI is InChI=1S/C31H39N3O7/c1-29(2,3)40-27(38)34(28(39)41-30(4,5)6)25-23-14-13-22(17-20(23)15-16-32-25)33-24(26(36)37)19-9-11-21(12-10-19)31(7,8)18-35/h9-17,24,33,35H,18H2,1-8H3,(H,36,37). The highest BCUT2D eigenvalue weighted by atomic mass is 16.6. The molecule has 41 heavy (non-hydrogen) atoms. The van der Waals surface area contributed by atoms with Gasteiger partial charge in [0.25, 0.3) is 0 Å². The quantitative estimate of drug-likeness (QED) is 0.296. The van der Waals surface area contributed by atoms with Crippen molar-refractivity contribution < 1.29 is 34.1 Å². The zero-order valence-corrected chi connectivity index (χ0v) is 24.8. The van der Waals surface area contributed by atoms with Gasteiger partial charge >= 0.3 is 18.2 Å². The van der Waals surface area contributed by atoms with Gasteiger partial charge in [-0.15, -0.1) is 0 Å². The van der Waals surface area contributed by atoms with Crippen molar-refractivity contribution in [2.45, 2.75) is 78.0 Å². The van der Waals surface area contributed by atoms with Gasteiger partial charge in [-0.3, -0.25) is 0 Å².